The average Bonchev–Trinajstić information content (AvgIpc) is 2.68. The van der Waals surface area contributed by atoms with Crippen LogP contribution in [0, 0.1) is 18.7 Å². The number of aromatic nitrogens is 1. The number of benzene rings is 1. The second-order valence-electron chi connectivity index (χ2n) is 7.50. The second-order valence-corrected chi connectivity index (χ2v) is 7.50. The molecule has 0 spiro atoms. The molecule has 0 N–H and O–H groups in total. The minimum Gasteiger partial charge on any atom is -0.341 e. The first kappa shape index (κ1) is 19.5. The van der Waals surface area contributed by atoms with Gasteiger partial charge in [-0.1, -0.05) is 18.2 Å². The third-order valence-corrected chi connectivity index (χ3v) is 5.40. The number of pyridine rings is 1. The van der Waals surface area contributed by atoms with Crippen molar-refractivity contribution in [3.05, 3.63) is 65.2 Å². The molecule has 0 radical (unpaired) electrons. The van der Waals surface area contributed by atoms with E-state index >= 15 is 0 Å². The number of carbonyl (C=O) groups is 1. The summed E-state index contributed by atoms with van der Waals surface area (Å²) in [7, 11) is 1.87. The number of hydrogen-bond donors (Lipinski definition) is 0. The van der Waals surface area contributed by atoms with Gasteiger partial charge in [0.2, 0.25) is 0 Å². The predicted octanol–water partition coefficient (Wildman–Crippen LogP) is 3.56. The van der Waals surface area contributed by atoms with E-state index in [2.05, 4.69) is 9.88 Å². The Morgan fingerprint density at radius 1 is 1.22 bits per heavy atom. The molecule has 0 bridgehead atoms. The quantitative estimate of drug-likeness (QED) is 0.781. The van der Waals surface area contributed by atoms with Gasteiger partial charge in [0.1, 0.15) is 5.82 Å². The van der Waals surface area contributed by atoms with Gasteiger partial charge in [-0.15, -0.1) is 0 Å². The van der Waals surface area contributed by atoms with Crippen LogP contribution in [0.4, 0.5) is 4.39 Å². The molecule has 1 aromatic heterocycles. The van der Waals surface area contributed by atoms with Crippen molar-refractivity contribution in [2.45, 2.75) is 26.2 Å². The molecule has 1 aliphatic rings. The van der Waals surface area contributed by atoms with E-state index in [-0.39, 0.29) is 11.7 Å². The van der Waals surface area contributed by atoms with Gasteiger partial charge in [-0.3, -0.25) is 9.78 Å². The number of nitrogens with zero attached hydrogens (tertiary/aromatic N) is 3. The summed E-state index contributed by atoms with van der Waals surface area (Å²) >= 11 is 0. The molecule has 2 heterocycles. The number of halogens is 1. The third kappa shape index (κ3) is 5.36. The first-order valence-electron chi connectivity index (χ1n) is 9.67. The summed E-state index contributed by atoms with van der Waals surface area (Å²) in [6.45, 7) is 5.59. The highest BCUT2D eigenvalue weighted by atomic mass is 19.1. The molecular weight excluding hydrogens is 341 g/mol. The molecule has 0 atom stereocenters. The van der Waals surface area contributed by atoms with E-state index in [9.17, 15) is 9.18 Å². The molecule has 1 aliphatic heterocycles. The van der Waals surface area contributed by atoms with Crippen molar-refractivity contribution < 1.29 is 9.18 Å². The van der Waals surface area contributed by atoms with E-state index in [1.54, 1.807) is 12.3 Å². The van der Waals surface area contributed by atoms with Gasteiger partial charge in [0.15, 0.2) is 0 Å². The second kappa shape index (κ2) is 9.09. The van der Waals surface area contributed by atoms with E-state index in [1.807, 2.05) is 43.1 Å². The van der Waals surface area contributed by atoms with E-state index in [0.29, 0.717) is 11.5 Å². The van der Waals surface area contributed by atoms with Crippen LogP contribution < -0.4 is 0 Å². The maximum atomic E-state index is 13.7. The average molecular weight is 369 g/mol. The normalized spacial score (nSPS) is 15.7. The highest BCUT2D eigenvalue weighted by molar-refractivity contribution is 5.93. The number of piperidine rings is 1. The van der Waals surface area contributed by atoms with Crippen molar-refractivity contribution in [1.82, 2.24) is 14.8 Å². The molecule has 1 fully saturated rings. The topological polar surface area (TPSA) is 36.4 Å². The van der Waals surface area contributed by atoms with Crippen molar-refractivity contribution in [3.8, 4) is 0 Å². The van der Waals surface area contributed by atoms with E-state index in [4.69, 9.17) is 0 Å². The van der Waals surface area contributed by atoms with Gasteiger partial charge >= 0.3 is 0 Å². The molecule has 0 unspecified atom stereocenters. The monoisotopic (exact) mass is 369 g/mol. The molecule has 1 saturated heterocycles. The Balaban J connectivity index is 1.43. The van der Waals surface area contributed by atoms with Crippen molar-refractivity contribution >= 4 is 5.91 Å². The zero-order chi connectivity index (χ0) is 19.2. The van der Waals surface area contributed by atoms with Gasteiger partial charge in [-0.2, -0.15) is 0 Å². The first-order chi connectivity index (χ1) is 13.0. The predicted molar refractivity (Wildman–Crippen MR) is 105 cm³/mol. The number of amides is 1. The maximum absolute atomic E-state index is 13.7. The lowest BCUT2D eigenvalue weighted by molar-refractivity contribution is 0.0740. The molecule has 0 aliphatic carbocycles. The van der Waals surface area contributed by atoms with Gasteiger partial charge in [0, 0.05) is 32.0 Å². The van der Waals surface area contributed by atoms with Gasteiger partial charge in [-0.05, 0) is 69.0 Å². The van der Waals surface area contributed by atoms with Gasteiger partial charge in [0.25, 0.3) is 5.91 Å². The van der Waals surface area contributed by atoms with Crippen LogP contribution in [0.3, 0.4) is 0 Å². The summed E-state index contributed by atoms with van der Waals surface area (Å²) in [4.78, 5) is 20.9. The summed E-state index contributed by atoms with van der Waals surface area (Å²) in [5.41, 5.74) is 2.35. The van der Waals surface area contributed by atoms with Crippen LogP contribution in [-0.4, -0.2) is 53.9 Å². The van der Waals surface area contributed by atoms with Crippen LogP contribution in [0.1, 0.15) is 34.5 Å². The highest BCUT2D eigenvalue weighted by Crippen LogP contribution is 2.19. The zero-order valence-electron chi connectivity index (χ0n) is 16.2. The first-order valence-corrected chi connectivity index (χ1v) is 9.67. The van der Waals surface area contributed by atoms with Gasteiger partial charge < -0.3 is 9.80 Å². The molecule has 0 saturated carbocycles. The van der Waals surface area contributed by atoms with E-state index < -0.39 is 0 Å². The Bertz CT molecular complexity index is 754. The smallest absolute Gasteiger partial charge is 0.255 e. The molecule has 4 nitrogen and oxygen atoms in total. The molecule has 3 rings (SSSR count). The Labute approximate surface area is 161 Å². The SMILES string of the molecule is Cc1ccc(C(=O)N(C)CC2CCN(CCc3ccccc3F)CC2)cn1. The summed E-state index contributed by atoms with van der Waals surface area (Å²) in [6.07, 6.45) is 4.54. The zero-order valence-corrected chi connectivity index (χ0v) is 16.2. The van der Waals surface area contributed by atoms with Gasteiger partial charge in [0.05, 0.1) is 5.56 Å². The Morgan fingerprint density at radius 3 is 2.63 bits per heavy atom. The lowest BCUT2D eigenvalue weighted by Crippen LogP contribution is -2.40. The lowest BCUT2D eigenvalue weighted by Gasteiger charge is -2.34. The molecule has 144 valence electrons. The molecule has 27 heavy (non-hydrogen) atoms. The number of hydrogen-bond acceptors (Lipinski definition) is 3. The number of rotatable bonds is 6. The fourth-order valence-electron chi connectivity index (χ4n) is 3.66. The number of aryl methyl sites for hydroxylation is 1. The van der Waals surface area contributed by atoms with Crippen LogP contribution >= 0.6 is 0 Å². The van der Waals surface area contributed by atoms with Crippen LogP contribution in [0.2, 0.25) is 0 Å². The fourth-order valence-corrected chi connectivity index (χ4v) is 3.66. The highest BCUT2D eigenvalue weighted by Gasteiger charge is 2.22. The summed E-state index contributed by atoms with van der Waals surface area (Å²) in [6, 6.07) is 10.7. The van der Waals surface area contributed by atoms with Crippen molar-refractivity contribution in [1.29, 1.82) is 0 Å². The van der Waals surface area contributed by atoms with Gasteiger partial charge in [-0.25, -0.2) is 4.39 Å². The largest absolute Gasteiger partial charge is 0.341 e. The third-order valence-electron chi connectivity index (χ3n) is 5.40. The number of carbonyl (C=O) groups excluding carboxylic acids is 1. The van der Waals surface area contributed by atoms with Crippen LogP contribution in [-0.2, 0) is 6.42 Å². The van der Waals surface area contributed by atoms with Crippen molar-refractivity contribution in [2.75, 3.05) is 33.2 Å². The summed E-state index contributed by atoms with van der Waals surface area (Å²) in [5.74, 6) is 0.435. The molecule has 2 aromatic rings. The summed E-state index contributed by atoms with van der Waals surface area (Å²) in [5, 5.41) is 0. The molecule has 1 aromatic carbocycles. The minimum atomic E-state index is -0.113. The van der Waals surface area contributed by atoms with E-state index in [0.717, 1.165) is 56.7 Å². The Kier molecular flexibility index (Phi) is 6.56. The van der Waals surface area contributed by atoms with Crippen LogP contribution in [0.5, 0.6) is 0 Å². The van der Waals surface area contributed by atoms with Crippen molar-refractivity contribution in [3.63, 3.8) is 0 Å². The fraction of sp³-hybridized carbons (Fsp3) is 0.455. The number of likely N-dealkylation sites (tertiary alicyclic amines) is 1. The lowest BCUT2D eigenvalue weighted by atomic mass is 9.95. The Hall–Kier alpha value is -2.27. The Morgan fingerprint density at radius 2 is 1.96 bits per heavy atom. The minimum absolute atomic E-state index is 0.0319. The summed E-state index contributed by atoms with van der Waals surface area (Å²) < 4.78 is 13.7. The molecule has 1 amide bonds. The molecule has 5 heteroatoms. The van der Waals surface area contributed by atoms with Crippen LogP contribution in [0.25, 0.3) is 0 Å². The van der Waals surface area contributed by atoms with Crippen molar-refractivity contribution in [2.24, 2.45) is 5.92 Å². The molecular formula is C22H28FN3O. The standard InChI is InChI=1S/C22H28FN3O/c1-17-7-8-20(15-24-17)22(27)25(2)16-18-9-12-26(13-10-18)14-11-19-5-3-4-6-21(19)23/h3-8,15,18H,9-14,16H2,1-2H3. The maximum Gasteiger partial charge on any atom is 0.255 e. The van der Waals surface area contributed by atoms with E-state index in [1.165, 1.54) is 6.07 Å². The van der Waals surface area contributed by atoms with Crippen LogP contribution in [0.15, 0.2) is 42.6 Å².